The van der Waals surface area contributed by atoms with Crippen LogP contribution in [0.2, 0.25) is 0 Å². The number of aliphatic hydroxyl groups is 1. The van der Waals surface area contributed by atoms with Gasteiger partial charge < -0.3 is 19.8 Å². The van der Waals surface area contributed by atoms with Crippen molar-refractivity contribution in [3.05, 3.63) is 0 Å². The molecule has 0 aromatic heterocycles. The van der Waals surface area contributed by atoms with Crippen molar-refractivity contribution in [1.29, 1.82) is 0 Å². The van der Waals surface area contributed by atoms with E-state index >= 15 is 0 Å². The molecular weight excluding hydrogens is 214 g/mol. The van der Waals surface area contributed by atoms with Gasteiger partial charge in [0.25, 0.3) is 0 Å². The Kier molecular flexibility index (Phi) is 5.23. The van der Waals surface area contributed by atoms with Crippen LogP contribution in [0.25, 0.3) is 0 Å². The van der Waals surface area contributed by atoms with E-state index in [1.807, 2.05) is 0 Å². The van der Waals surface area contributed by atoms with Crippen LogP contribution < -0.4 is 0 Å². The molecule has 0 aromatic rings. The van der Waals surface area contributed by atoms with Gasteiger partial charge in [0.1, 0.15) is 6.61 Å². The number of hydrogen-bond donors (Lipinski definition) is 2. The Morgan fingerprint density at radius 2 is 1.88 bits per heavy atom. The summed E-state index contributed by atoms with van der Waals surface area (Å²) in [6, 6.07) is 0. The SMILES string of the molecule is CN(C)C(=O)OCC(C(=O)O)C(C)(C)CO. The Morgan fingerprint density at radius 1 is 1.38 bits per heavy atom. The van der Waals surface area contributed by atoms with E-state index < -0.39 is 23.4 Å². The highest BCUT2D eigenvalue weighted by Crippen LogP contribution is 2.26. The molecule has 0 aromatic carbocycles. The molecule has 16 heavy (non-hydrogen) atoms. The maximum absolute atomic E-state index is 11.1. The van der Waals surface area contributed by atoms with Crippen molar-refractivity contribution in [2.75, 3.05) is 27.3 Å². The molecule has 0 rings (SSSR count). The Balaban J connectivity index is 4.49. The van der Waals surface area contributed by atoms with E-state index in [0.29, 0.717) is 0 Å². The quantitative estimate of drug-likeness (QED) is 0.718. The lowest BCUT2D eigenvalue weighted by Gasteiger charge is -2.29. The average molecular weight is 233 g/mol. The Bertz CT molecular complexity index is 262. The summed E-state index contributed by atoms with van der Waals surface area (Å²) in [6.45, 7) is 2.67. The van der Waals surface area contributed by atoms with Gasteiger partial charge in [-0.25, -0.2) is 4.79 Å². The molecule has 1 atom stereocenters. The number of ether oxygens (including phenoxy) is 1. The Labute approximate surface area is 94.8 Å². The van der Waals surface area contributed by atoms with E-state index in [-0.39, 0.29) is 13.2 Å². The monoisotopic (exact) mass is 233 g/mol. The lowest BCUT2D eigenvalue weighted by molar-refractivity contribution is -0.149. The summed E-state index contributed by atoms with van der Waals surface area (Å²) >= 11 is 0. The van der Waals surface area contributed by atoms with Crippen molar-refractivity contribution in [1.82, 2.24) is 4.90 Å². The van der Waals surface area contributed by atoms with E-state index in [1.54, 1.807) is 13.8 Å². The standard InChI is InChI=1S/C10H19NO5/c1-10(2,6-12)7(8(13)14)5-16-9(15)11(3)4/h7,12H,5-6H2,1-4H3,(H,13,14). The number of aliphatic carboxylic acids is 1. The number of carbonyl (C=O) groups is 2. The summed E-state index contributed by atoms with van der Waals surface area (Å²) in [4.78, 5) is 23.3. The number of carboxylic acids is 1. The largest absolute Gasteiger partial charge is 0.481 e. The van der Waals surface area contributed by atoms with Crippen molar-refractivity contribution in [3.8, 4) is 0 Å². The van der Waals surface area contributed by atoms with Crippen LogP contribution in [-0.4, -0.2) is 54.5 Å². The molecular formula is C10H19NO5. The first kappa shape index (κ1) is 14.7. The zero-order valence-corrected chi connectivity index (χ0v) is 10.1. The minimum Gasteiger partial charge on any atom is -0.481 e. The fourth-order valence-corrected chi connectivity index (χ4v) is 1.03. The lowest BCUT2D eigenvalue weighted by Crippen LogP contribution is -2.39. The van der Waals surface area contributed by atoms with Gasteiger partial charge in [-0.15, -0.1) is 0 Å². The van der Waals surface area contributed by atoms with Crippen molar-refractivity contribution in [3.63, 3.8) is 0 Å². The third kappa shape index (κ3) is 4.06. The normalized spacial score (nSPS) is 13.1. The topological polar surface area (TPSA) is 87.1 Å². The van der Waals surface area contributed by atoms with Gasteiger partial charge >= 0.3 is 12.1 Å². The minimum absolute atomic E-state index is 0.250. The van der Waals surface area contributed by atoms with Gasteiger partial charge in [-0.3, -0.25) is 4.79 Å². The number of carbonyl (C=O) groups excluding carboxylic acids is 1. The first-order valence-electron chi connectivity index (χ1n) is 4.90. The number of amides is 1. The van der Waals surface area contributed by atoms with E-state index in [2.05, 4.69) is 0 Å². The van der Waals surface area contributed by atoms with Crippen LogP contribution >= 0.6 is 0 Å². The molecule has 1 unspecified atom stereocenters. The first-order chi connectivity index (χ1) is 7.22. The fraction of sp³-hybridized carbons (Fsp3) is 0.800. The van der Waals surface area contributed by atoms with Gasteiger partial charge in [0.15, 0.2) is 0 Å². The van der Waals surface area contributed by atoms with Crippen LogP contribution in [0, 0.1) is 11.3 Å². The third-order valence-corrected chi connectivity index (χ3v) is 2.39. The zero-order valence-electron chi connectivity index (χ0n) is 10.1. The number of rotatable bonds is 5. The number of nitrogens with zero attached hydrogens (tertiary/aromatic N) is 1. The smallest absolute Gasteiger partial charge is 0.409 e. The van der Waals surface area contributed by atoms with Crippen molar-refractivity contribution < 1.29 is 24.5 Å². The highest BCUT2D eigenvalue weighted by atomic mass is 16.6. The summed E-state index contributed by atoms with van der Waals surface area (Å²) in [7, 11) is 3.02. The lowest BCUT2D eigenvalue weighted by atomic mass is 9.80. The van der Waals surface area contributed by atoms with Crippen LogP contribution in [0.4, 0.5) is 4.79 Å². The minimum atomic E-state index is -1.09. The van der Waals surface area contributed by atoms with Crippen molar-refractivity contribution in [2.45, 2.75) is 13.8 Å². The van der Waals surface area contributed by atoms with Crippen molar-refractivity contribution >= 4 is 12.1 Å². The number of carboxylic acid groups (broad SMARTS) is 1. The first-order valence-corrected chi connectivity index (χ1v) is 4.90. The molecule has 0 saturated carbocycles. The molecule has 0 heterocycles. The molecule has 0 bridgehead atoms. The number of hydrogen-bond acceptors (Lipinski definition) is 4. The van der Waals surface area contributed by atoms with E-state index in [4.69, 9.17) is 14.9 Å². The van der Waals surface area contributed by atoms with Crippen molar-refractivity contribution in [2.24, 2.45) is 11.3 Å². The third-order valence-electron chi connectivity index (χ3n) is 2.39. The van der Waals surface area contributed by atoms with Gasteiger partial charge in [-0.2, -0.15) is 0 Å². The number of aliphatic hydroxyl groups excluding tert-OH is 1. The fourth-order valence-electron chi connectivity index (χ4n) is 1.03. The molecule has 0 aliphatic rings. The predicted molar refractivity (Wildman–Crippen MR) is 57.0 cm³/mol. The molecule has 0 aliphatic heterocycles. The Morgan fingerprint density at radius 3 is 2.19 bits per heavy atom. The van der Waals surface area contributed by atoms with Crippen LogP contribution in [-0.2, 0) is 9.53 Å². The molecule has 2 N–H and O–H groups in total. The summed E-state index contributed by atoms with van der Waals surface area (Å²) < 4.78 is 4.81. The maximum atomic E-state index is 11.1. The summed E-state index contributed by atoms with van der Waals surface area (Å²) in [5.74, 6) is -2.02. The molecule has 6 heteroatoms. The highest BCUT2D eigenvalue weighted by molar-refractivity contribution is 5.72. The average Bonchev–Trinajstić information content (AvgIpc) is 2.16. The molecule has 0 saturated heterocycles. The van der Waals surface area contributed by atoms with E-state index in [9.17, 15) is 9.59 Å². The summed E-state index contributed by atoms with van der Waals surface area (Å²) in [5.41, 5.74) is -0.835. The van der Waals surface area contributed by atoms with Crippen LogP contribution in [0.5, 0.6) is 0 Å². The maximum Gasteiger partial charge on any atom is 0.409 e. The summed E-state index contributed by atoms with van der Waals surface area (Å²) in [6.07, 6.45) is -0.597. The zero-order chi connectivity index (χ0) is 12.9. The molecule has 0 radical (unpaired) electrons. The van der Waals surface area contributed by atoms with Gasteiger partial charge in [-0.1, -0.05) is 13.8 Å². The second kappa shape index (κ2) is 5.69. The summed E-state index contributed by atoms with van der Waals surface area (Å²) in [5, 5.41) is 18.0. The molecule has 1 amide bonds. The van der Waals surface area contributed by atoms with Gasteiger partial charge in [-0.05, 0) is 0 Å². The molecule has 94 valence electrons. The van der Waals surface area contributed by atoms with Gasteiger partial charge in [0.05, 0.1) is 5.92 Å². The Hall–Kier alpha value is -1.30. The predicted octanol–water partition coefficient (Wildman–Crippen LogP) is 0.404. The second-order valence-corrected chi connectivity index (χ2v) is 4.51. The van der Waals surface area contributed by atoms with E-state index in [0.717, 1.165) is 0 Å². The molecule has 0 aliphatic carbocycles. The highest BCUT2D eigenvalue weighted by Gasteiger charge is 2.36. The van der Waals surface area contributed by atoms with Crippen LogP contribution in [0.3, 0.4) is 0 Å². The van der Waals surface area contributed by atoms with Crippen LogP contribution in [0.15, 0.2) is 0 Å². The van der Waals surface area contributed by atoms with E-state index in [1.165, 1.54) is 19.0 Å². The van der Waals surface area contributed by atoms with Gasteiger partial charge in [0.2, 0.25) is 0 Å². The second-order valence-electron chi connectivity index (χ2n) is 4.51. The molecule has 6 nitrogen and oxygen atoms in total. The van der Waals surface area contributed by atoms with Gasteiger partial charge in [0, 0.05) is 26.1 Å². The molecule has 0 spiro atoms. The van der Waals surface area contributed by atoms with Crippen LogP contribution in [0.1, 0.15) is 13.8 Å². The molecule has 0 fully saturated rings.